The van der Waals surface area contributed by atoms with Crippen molar-refractivity contribution in [1.29, 1.82) is 0 Å². The van der Waals surface area contributed by atoms with E-state index in [1.165, 1.54) is 11.1 Å². The summed E-state index contributed by atoms with van der Waals surface area (Å²) in [6.45, 7) is 6.78. The molecule has 2 N–H and O–H groups in total. The van der Waals surface area contributed by atoms with Crippen molar-refractivity contribution in [2.45, 2.75) is 27.3 Å². The lowest BCUT2D eigenvalue weighted by molar-refractivity contribution is 0.689. The van der Waals surface area contributed by atoms with Gasteiger partial charge in [0, 0.05) is 12.7 Å². The quantitative estimate of drug-likeness (QED) is 0.852. The molecule has 20 heavy (non-hydrogen) atoms. The van der Waals surface area contributed by atoms with Crippen LogP contribution in [0.3, 0.4) is 0 Å². The summed E-state index contributed by atoms with van der Waals surface area (Å²) in [4.78, 5) is 0. The highest BCUT2D eigenvalue weighted by molar-refractivity contribution is 7.80. The van der Waals surface area contributed by atoms with Crippen LogP contribution in [-0.2, 0) is 13.6 Å². The van der Waals surface area contributed by atoms with Crippen LogP contribution in [0, 0.1) is 20.8 Å². The molecule has 5 heteroatoms. The highest BCUT2D eigenvalue weighted by Crippen LogP contribution is 2.16. The molecule has 0 unspecified atom stereocenters. The average Bonchev–Trinajstić information content (AvgIpc) is 2.70. The summed E-state index contributed by atoms with van der Waals surface area (Å²) in [6.07, 6.45) is 0. The minimum atomic E-state index is 0.623. The van der Waals surface area contributed by atoms with Gasteiger partial charge in [0.25, 0.3) is 0 Å². The van der Waals surface area contributed by atoms with Gasteiger partial charge in [0.2, 0.25) is 0 Å². The van der Waals surface area contributed by atoms with Gasteiger partial charge in [0.15, 0.2) is 5.11 Å². The fourth-order valence-electron chi connectivity index (χ4n) is 2.04. The predicted octanol–water partition coefficient (Wildman–Crippen LogP) is 2.83. The Balaban J connectivity index is 1.96. The number of nitrogens with zero attached hydrogens (tertiary/aromatic N) is 2. The van der Waals surface area contributed by atoms with E-state index in [1.807, 2.05) is 24.7 Å². The molecule has 0 fully saturated rings. The largest absolute Gasteiger partial charge is 0.357 e. The summed E-state index contributed by atoms with van der Waals surface area (Å²) in [5.41, 5.74) is 5.55. The van der Waals surface area contributed by atoms with Gasteiger partial charge < -0.3 is 10.6 Å². The molecular formula is C15H20N4S. The second-order valence-corrected chi connectivity index (χ2v) is 5.43. The summed E-state index contributed by atoms with van der Waals surface area (Å²) >= 11 is 5.34. The van der Waals surface area contributed by atoms with Crippen LogP contribution in [0.1, 0.15) is 22.5 Å². The first-order valence-electron chi connectivity index (χ1n) is 6.57. The number of nitrogens with one attached hydrogen (secondary N) is 2. The van der Waals surface area contributed by atoms with Crippen LogP contribution in [-0.4, -0.2) is 14.9 Å². The van der Waals surface area contributed by atoms with Gasteiger partial charge in [-0.1, -0.05) is 12.1 Å². The second kappa shape index (κ2) is 6.05. The van der Waals surface area contributed by atoms with Crippen molar-refractivity contribution in [2.24, 2.45) is 7.05 Å². The van der Waals surface area contributed by atoms with Gasteiger partial charge in [-0.2, -0.15) is 5.10 Å². The Morgan fingerprint density at radius 2 is 2.00 bits per heavy atom. The molecule has 0 aliphatic heterocycles. The van der Waals surface area contributed by atoms with E-state index < -0.39 is 0 Å². The van der Waals surface area contributed by atoms with Crippen LogP contribution < -0.4 is 10.6 Å². The van der Waals surface area contributed by atoms with Crippen LogP contribution in [0.15, 0.2) is 24.3 Å². The van der Waals surface area contributed by atoms with Gasteiger partial charge in [-0.3, -0.25) is 4.68 Å². The number of hydrogen-bond donors (Lipinski definition) is 2. The molecule has 0 aliphatic carbocycles. The summed E-state index contributed by atoms with van der Waals surface area (Å²) in [5, 5.41) is 11.4. The van der Waals surface area contributed by atoms with Crippen molar-refractivity contribution in [3.63, 3.8) is 0 Å². The minimum Gasteiger partial charge on any atom is -0.357 e. The molecule has 0 atom stereocenters. The SMILES string of the molecule is Cc1ccc(C)c(NC(=S)NCc2cc(C)nn2C)c1. The van der Waals surface area contributed by atoms with Crippen LogP contribution in [0.2, 0.25) is 0 Å². The van der Waals surface area contributed by atoms with Gasteiger partial charge in [-0.25, -0.2) is 0 Å². The summed E-state index contributed by atoms with van der Waals surface area (Å²) < 4.78 is 1.86. The van der Waals surface area contributed by atoms with Crippen molar-refractivity contribution >= 4 is 23.0 Å². The topological polar surface area (TPSA) is 41.9 Å². The molecular weight excluding hydrogens is 268 g/mol. The number of benzene rings is 1. The number of thiocarbonyl (C=S) groups is 1. The number of anilines is 1. The zero-order valence-corrected chi connectivity index (χ0v) is 13.1. The van der Waals surface area contributed by atoms with E-state index in [0.29, 0.717) is 11.7 Å². The highest BCUT2D eigenvalue weighted by Gasteiger charge is 2.04. The molecule has 4 nitrogen and oxygen atoms in total. The molecule has 106 valence electrons. The second-order valence-electron chi connectivity index (χ2n) is 5.03. The van der Waals surface area contributed by atoms with Gasteiger partial charge in [-0.05, 0) is 56.2 Å². The molecule has 0 aliphatic rings. The van der Waals surface area contributed by atoms with Gasteiger partial charge in [0.05, 0.1) is 17.9 Å². The van der Waals surface area contributed by atoms with E-state index in [4.69, 9.17) is 12.2 Å². The monoisotopic (exact) mass is 288 g/mol. The van der Waals surface area contributed by atoms with E-state index >= 15 is 0 Å². The van der Waals surface area contributed by atoms with Gasteiger partial charge in [0.1, 0.15) is 0 Å². The van der Waals surface area contributed by atoms with E-state index in [2.05, 4.69) is 47.8 Å². The summed E-state index contributed by atoms with van der Waals surface area (Å²) in [5.74, 6) is 0. The molecule has 2 rings (SSSR count). The van der Waals surface area contributed by atoms with Gasteiger partial charge >= 0.3 is 0 Å². The Kier molecular flexibility index (Phi) is 4.39. The van der Waals surface area contributed by atoms with E-state index in [9.17, 15) is 0 Å². The number of rotatable bonds is 3. The molecule has 0 bridgehead atoms. The predicted molar refractivity (Wildman–Crippen MR) is 86.9 cm³/mol. The average molecular weight is 288 g/mol. The maximum absolute atomic E-state index is 5.34. The van der Waals surface area contributed by atoms with Crippen molar-refractivity contribution in [1.82, 2.24) is 15.1 Å². The number of aromatic nitrogens is 2. The lowest BCUT2D eigenvalue weighted by atomic mass is 10.1. The van der Waals surface area contributed by atoms with Crippen LogP contribution >= 0.6 is 12.2 Å². The van der Waals surface area contributed by atoms with Crippen LogP contribution in [0.5, 0.6) is 0 Å². The first-order valence-corrected chi connectivity index (χ1v) is 6.98. The Hall–Kier alpha value is -1.88. The molecule has 0 saturated carbocycles. The highest BCUT2D eigenvalue weighted by atomic mass is 32.1. The normalized spacial score (nSPS) is 10.4. The first-order chi connectivity index (χ1) is 9.45. The Morgan fingerprint density at radius 1 is 1.25 bits per heavy atom. The Labute approximate surface area is 125 Å². The van der Waals surface area contributed by atoms with Crippen LogP contribution in [0.25, 0.3) is 0 Å². The molecule has 0 radical (unpaired) electrons. The smallest absolute Gasteiger partial charge is 0.171 e. The van der Waals surface area contributed by atoms with E-state index in [0.717, 1.165) is 17.1 Å². The zero-order valence-electron chi connectivity index (χ0n) is 12.3. The Morgan fingerprint density at radius 3 is 2.65 bits per heavy atom. The van der Waals surface area contributed by atoms with Crippen LogP contribution in [0.4, 0.5) is 5.69 Å². The summed E-state index contributed by atoms with van der Waals surface area (Å²) in [6, 6.07) is 8.32. The lowest BCUT2D eigenvalue weighted by Gasteiger charge is -2.13. The molecule has 0 saturated heterocycles. The molecule has 1 heterocycles. The summed E-state index contributed by atoms with van der Waals surface area (Å²) in [7, 11) is 1.94. The third-order valence-electron chi connectivity index (χ3n) is 3.17. The third kappa shape index (κ3) is 3.57. The van der Waals surface area contributed by atoms with E-state index in [1.54, 1.807) is 0 Å². The molecule has 2 aromatic rings. The fourth-order valence-corrected chi connectivity index (χ4v) is 2.22. The zero-order chi connectivity index (χ0) is 14.7. The maximum atomic E-state index is 5.34. The van der Waals surface area contributed by atoms with Crippen molar-refractivity contribution < 1.29 is 0 Å². The maximum Gasteiger partial charge on any atom is 0.171 e. The van der Waals surface area contributed by atoms with E-state index in [-0.39, 0.29) is 0 Å². The molecule has 1 aromatic heterocycles. The molecule has 0 amide bonds. The van der Waals surface area contributed by atoms with Crippen molar-refractivity contribution in [2.75, 3.05) is 5.32 Å². The van der Waals surface area contributed by atoms with Crippen molar-refractivity contribution in [3.05, 3.63) is 46.8 Å². The lowest BCUT2D eigenvalue weighted by Crippen LogP contribution is -2.29. The fraction of sp³-hybridized carbons (Fsp3) is 0.333. The number of aryl methyl sites for hydroxylation is 4. The van der Waals surface area contributed by atoms with Crippen molar-refractivity contribution in [3.8, 4) is 0 Å². The number of hydrogen-bond acceptors (Lipinski definition) is 2. The minimum absolute atomic E-state index is 0.623. The third-order valence-corrected chi connectivity index (χ3v) is 3.42. The molecule has 1 aromatic carbocycles. The molecule has 0 spiro atoms. The Bertz CT molecular complexity index is 631. The standard InChI is InChI=1S/C15H20N4S/c1-10-5-6-11(2)14(7-10)17-15(20)16-9-13-8-12(3)18-19(13)4/h5-8H,9H2,1-4H3,(H2,16,17,20). The van der Waals surface area contributed by atoms with Gasteiger partial charge in [-0.15, -0.1) is 0 Å². The first kappa shape index (κ1) is 14.5.